The second kappa shape index (κ2) is 26.8. The van der Waals surface area contributed by atoms with Crippen LogP contribution in [-0.2, 0) is 55.1 Å². The molecular weight excluding hydrogens is 1060 g/mol. The first-order valence-corrected chi connectivity index (χ1v) is 29.0. The Bertz CT molecular complexity index is 3330. The first kappa shape index (κ1) is 59.4. The first-order chi connectivity index (χ1) is 40.0. The molecule has 3 aliphatic rings. The summed E-state index contributed by atoms with van der Waals surface area (Å²) in [5.41, 5.74) is 9.40. The SMILES string of the molecule is CC[C@H](C(=O)N1CCCC[C@H]1C(=O)O[C@H](CCc1ccc(C)c(C)c1)c1cccc(OCC(=O)NCCC(=O)N2CCC(n3nc(Nc4ccc(-c5cnn(C)c5)cc4F)c4c3CCN(C(C)=O)C4)CC2)c1)c1cc(C)c(OC)c(OC)c1. The predicted octanol–water partition coefficient (Wildman–Crippen LogP) is 9.55. The van der Waals surface area contributed by atoms with Gasteiger partial charge in [0.2, 0.25) is 17.7 Å². The quantitative estimate of drug-likeness (QED) is 0.0650. The standard InChI is InChI=1S/C64H78FN9O9/c1-9-51(47-32-42(4)61(81-8)58(35-47)80-7)63(78)73-27-11-10-15-56(73)64(79)83-57(21-18-44-17-16-40(2)41(3)31-44)46-13-12-14-50(33-46)82-39-59(76)66-26-22-60(77)71-28-23-49(24-29-71)74-55-25-30-72(43(5)75)38-52(55)62(69-74)68-54-20-19-45(34-53(54)65)48-36-67-70(6)37-48/h12-14,16-17,19-20,31-37,49,51,56-57H,9-11,15,18,21-30,38-39H2,1-8H3,(H,66,76)(H,68,69)/t51-,56-,57+/m0/s1. The third-order valence-corrected chi connectivity index (χ3v) is 16.6. The molecule has 5 heterocycles. The summed E-state index contributed by atoms with van der Waals surface area (Å²) >= 11 is 0. The van der Waals surface area contributed by atoms with Crippen LogP contribution in [0.2, 0.25) is 0 Å². The Morgan fingerprint density at radius 1 is 0.831 bits per heavy atom. The number of amides is 4. The number of ether oxygens (including phenoxy) is 4. The zero-order chi connectivity index (χ0) is 58.9. The highest BCUT2D eigenvalue weighted by Gasteiger charge is 2.38. The van der Waals surface area contributed by atoms with Crippen molar-refractivity contribution in [1.29, 1.82) is 0 Å². The summed E-state index contributed by atoms with van der Waals surface area (Å²) in [5.74, 6) is -0.000213. The van der Waals surface area contributed by atoms with Gasteiger partial charge in [0.15, 0.2) is 23.9 Å². The van der Waals surface area contributed by atoms with Crippen LogP contribution in [0.4, 0.5) is 15.9 Å². The Balaban J connectivity index is 0.795. The monoisotopic (exact) mass is 1140 g/mol. The molecule has 9 rings (SSSR count). The fourth-order valence-corrected chi connectivity index (χ4v) is 11.8. The molecule has 4 amide bonds. The maximum atomic E-state index is 15.6. The summed E-state index contributed by atoms with van der Waals surface area (Å²) in [6.45, 7) is 11.7. The minimum absolute atomic E-state index is 0.0154. The Labute approximate surface area is 485 Å². The van der Waals surface area contributed by atoms with Crippen molar-refractivity contribution in [2.45, 2.75) is 129 Å². The van der Waals surface area contributed by atoms with E-state index in [9.17, 15) is 24.0 Å². The van der Waals surface area contributed by atoms with Crippen molar-refractivity contribution in [1.82, 2.24) is 39.6 Å². The summed E-state index contributed by atoms with van der Waals surface area (Å²) in [7, 11) is 4.97. The van der Waals surface area contributed by atoms with Gasteiger partial charge in [0, 0.05) is 82.6 Å². The van der Waals surface area contributed by atoms with E-state index in [0.717, 1.165) is 46.4 Å². The molecule has 0 saturated carbocycles. The smallest absolute Gasteiger partial charge is 0.329 e. The Kier molecular flexibility index (Phi) is 19.2. The number of nitrogens with one attached hydrogen (secondary N) is 2. The van der Waals surface area contributed by atoms with Gasteiger partial charge in [-0.25, -0.2) is 9.18 Å². The van der Waals surface area contributed by atoms with Crippen molar-refractivity contribution in [3.8, 4) is 28.4 Å². The lowest BCUT2D eigenvalue weighted by Gasteiger charge is -2.37. The van der Waals surface area contributed by atoms with Crippen molar-refractivity contribution in [2.75, 3.05) is 58.9 Å². The van der Waals surface area contributed by atoms with Crippen molar-refractivity contribution in [3.63, 3.8) is 0 Å². The highest BCUT2D eigenvalue weighted by molar-refractivity contribution is 5.89. The highest BCUT2D eigenvalue weighted by atomic mass is 19.1. The van der Waals surface area contributed by atoms with Crippen LogP contribution >= 0.6 is 0 Å². The molecule has 0 unspecified atom stereocenters. The molecular formula is C64H78FN9O9. The number of hydrogen-bond acceptors (Lipinski definition) is 12. The number of carbonyl (C=O) groups is 5. The van der Waals surface area contributed by atoms with E-state index < -0.39 is 35.8 Å². The molecule has 2 aromatic heterocycles. The summed E-state index contributed by atoms with van der Waals surface area (Å²) in [6, 6.07) is 21.5. The molecule has 0 bridgehead atoms. The Morgan fingerprint density at radius 3 is 2.35 bits per heavy atom. The maximum Gasteiger partial charge on any atom is 0.329 e. The van der Waals surface area contributed by atoms with Gasteiger partial charge in [-0.3, -0.25) is 28.5 Å². The summed E-state index contributed by atoms with van der Waals surface area (Å²) in [4.78, 5) is 73.5. The number of anilines is 2. The van der Waals surface area contributed by atoms with Gasteiger partial charge < -0.3 is 44.3 Å². The van der Waals surface area contributed by atoms with Crippen LogP contribution in [0.25, 0.3) is 11.1 Å². The lowest BCUT2D eigenvalue weighted by atomic mass is 9.91. The zero-order valence-corrected chi connectivity index (χ0v) is 49.1. The third kappa shape index (κ3) is 14.0. The van der Waals surface area contributed by atoms with Crippen molar-refractivity contribution in [2.24, 2.45) is 7.05 Å². The number of methoxy groups -OCH3 is 2. The van der Waals surface area contributed by atoms with Crippen LogP contribution in [0.5, 0.6) is 17.2 Å². The Morgan fingerprint density at radius 2 is 1.64 bits per heavy atom. The van der Waals surface area contributed by atoms with Gasteiger partial charge in [-0.05, 0) is 141 Å². The number of likely N-dealkylation sites (tertiary alicyclic amines) is 2. The van der Waals surface area contributed by atoms with Gasteiger partial charge in [0.05, 0.1) is 44.6 Å². The van der Waals surface area contributed by atoms with Gasteiger partial charge in [0.25, 0.3) is 5.91 Å². The van der Waals surface area contributed by atoms with E-state index in [1.165, 1.54) is 17.2 Å². The number of esters is 1. The molecule has 18 nitrogen and oxygen atoms in total. The first-order valence-electron chi connectivity index (χ1n) is 29.0. The van der Waals surface area contributed by atoms with Crippen molar-refractivity contribution in [3.05, 3.63) is 136 Å². The van der Waals surface area contributed by atoms with Gasteiger partial charge >= 0.3 is 5.97 Å². The van der Waals surface area contributed by atoms with Gasteiger partial charge in [-0.1, -0.05) is 49.4 Å². The summed E-state index contributed by atoms with van der Waals surface area (Å²) < 4.78 is 43.0. The van der Waals surface area contributed by atoms with E-state index in [1.54, 1.807) is 66.1 Å². The Hall–Kier alpha value is -8.22. The molecule has 3 atom stereocenters. The molecule has 4 aromatic carbocycles. The fraction of sp³-hybridized carbons (Fsp3) is 0.453. The third-order valence-electron chi connectivity index (χ3n) is 16.6. The average molecular weight is 1140 g/mol. The lowest BCUT2D eigenvalue weighted by molar-refractivity contribution is -0.162. The molecule has 2 N–H and O–H groups in total. The molecule has 6 aromatic rings. The van der Waals surface area contributed by atoms with E-state index in [4.69, 9.17) is 24.0 Å². The second-order valence-corrected chi connectivity index (χ2v) is 22.2. The van der Waals surface area contributed by atoms with Crippen molar-refractivity contribution < 1.29 is 47.3 Å². The molecule has 0 aliphatic carbocycles. The van der Waals surface area contributed by atoms with Gasteiger partial charge in [-0.15, -0.1) is 0 Å². The molecule has 0 spiro atoms. The number of piperidine rings is 2. The molecule has 19 heteroatoms. The molecule has 0 radical (unpaired) electrons. The predicted molar refractivity (Wildman–Crippen MR) is 313 cm³/mol. The molecule has 2 fully saturated rings. The highest BCUT2D eigenvalue weighted by Crippen LogP contribution is 2.39. The summed E-state index contributed by atoms with van der Waals surface area (Å²) in [6.07, 6.45) is 8.44. The van der Waals surface area contributed by atoms with Gasteiger partial charge in [-0.2, -0.15) is 10.2 Å². The minimum Gasteiger partial charge on any atom is -0.493 e. The molecule has 83 heavy (non-hydrogen) atoms. The van der Waals surface area contributed by atoms with E-state index in [-0.39, 0.29) is 49.0 Å². The normalized spacial score (nSPS) is 16.2. The number of nitrogens with zero attached hydrogens (tertiary/aromatic N) is 7. The van der Waals surface area contributed by atoms with E-state index in [2.05, 4.69) is 47.8 Å². The molecule has 3 aliphatic heterocycles. The zero-order valence-electron chi connectivity index (χ0n) is 49.1. The van der Waals surface area contributed by atoms with E-state index in [0.29, 0.717) is 112 Å². The number of benzene rings is 4. The number of aryl methyl sites for hydroxylation is 5. The largest absolute Gasteiger partial charge is 0.493 e. The number of halogens is 1. The van der Waals surface area contributed by atoms with Crippen LogP contribution in [0.15, 0.2) is 85.2 Å². The minimum atomic E-state index is -0.771. The molecule has 440 valence electrons. The van der Waals surface area contributed by atoms with Crippen LogP contribution in [0.1, 0.15) is 128 Å². The lowest BCUT2D eigenvalue weighted by Crippen LogP contribution is -2.50. The number of fused-ring (bicyclic) bond motifs is 1. The van der Waals surface area contributed by atoms with Crippen LogP contribution < -0.4 is 24.8 Å². The fourth-order valence-electron chi connectivity index (χ4n) is 11.8. The van der Waals surface area contributed by atoms with Gasteiger partial charge in [0.1, 0.15) is 23.7 Å². The van der Waals surface area contributed by atoms with Crippen LogP contribution in [0.3, 0.4) is 0 Å². The van der Waals surface area contributed by atoms with Crippen LogP contribution in [-0.4, -0.2) is 123 Å². The van der Waals surface area contributed by atoms with Crippen LogP contribution in [0, 0.1) is 26.6 Å². The topological polar surface area (TPSA) is 192 Å². The second-order valence-electron chi connectivity index (χ2n) is 22.2. The molecule has 2 saturated heterocycles. The van der Waals surface area contributed by atoms with E-state index >= 15 is 4.39 Å². The number of carbonyl (C=O) groups excluding carboxylic acids is 5. The number of aromatic nitrogens is 4. The maximum absolute atomic E-state index is 15.6. The summed E-state index contributed by atoms with van der Waals surface area (Å²) in [5, 5.41) is 15.3. The number of rotatable bonds is 21. The van der Waals surface area contributed by atoms with Crippen molar-refractivity contribution >= 4 is 41.1 Å². The van der Waals surface area contributed by atoms with E-state index in [1.807, 2.05) is 60.9 Å². The average Bonchev–Trinajstić information content (AvgIpc) is 4.26. The number of hydrogen-bond donors (Lipinski definition) is 2.